The Bertz CT molecular complexity index is 4300. The Morgan fingerprint density at radius 3 is 1.66 bits per heavy atom. The zero-order chi connectivity index (χ0) is 45.9. The Hall–Kier alpha value is -8.92. The van der Waals surface area contributed by atoms with E-state index in [1.807, 2.05) is 0 Å². The van der Waals surface area contributed by atoms with Crippen molar-refractivity contribution in [3.05, 3.63) is 248 Å². The number of rotatable bonds is 7. The average molecular weight is 892 g/mol. The van der Waals surface area contributed by atoms with Crippen LogP contribution in [0.3, 0.4) is 0 Å². The van der Waals surface area contributed by atoms with Gasteiger partial charge in [-0.1, -0.05) is 170 Å². The lowest BCUT2D eigenvalue weighted by molar-refractivity contribution is 1.02. The van der Waals surface area contributed by atoms with Crippen LogP contribution in [0.15, 0.2) is 237 Å². The van der Waals surface area contributed by atoms with Crippen molar-refractivity contribution in [2.75, 3.05) is 4.90 Å². The van der Waals surface area contributed by atoms with Crippen LogP contribution < -0.4 is 4.90 Å². The number of para-hydroxylation sites is 4. The van der Waals surface area contributed by atoms with E-state index >= 15 is 0 Å². The van der Waals surface area contributed by atoms with Gasteiger partial charge in [-0.2, -0.15) is 0 Å². The lowest BCUT2D eigenvalue weighted by Crippen LogP contribution is -2.10. The van der Waals surface area contributed by atoms with Crippen LogP contribution in [0.2, 0.25) is 0 Å². The third-order valence-electron chi connectivity index (χ3n) is 15.3. The molecule has 0 saturated heterocycles. The molecule has 0 unspecified atom stereocenters. The Morgan fingerprint density at radius 1 is 0.343 bits per heavy atom. The summed E-state index contributed by atoms with van der Waals surface area (Å²) in [4.78, 5) is 2.42. The SMILES string of the molecule is C1=CC(n2c3ccccc3c3cc(-c4ccc(N(c5ccc(-c6ccccc6)cc5)c5ccc6c(c5)Cc5cc(-c7cccc8c9cccc%10c%11ccccc%11n(c78)c%109)ccc5-6)cc4)ccc32)=CCC1. The second-order valence-electron chi connectivity index (χ2n) is 19.1. The van der Waals surface area contributed by atoms with Crippen molar-refractivity contribution in [2.45, 2.75) is 19.3 Å². The summed E-state index contributed by atoms with van der Waals surface area (Å²) in [5, 5.41) is 7.79. The van der Waals surface area contributed by atoms with Crippen LogP contribution >= 0.6 is 0 Å². The van der Waals surface area contributed by atoms with E-state index in [2.05, 4.69) is 250 Å². The third kappa shape index (κ3) is 5.88. The Kier molecular flexibility index (Phi) is 8.55. The minimum atomic E-state index is 0.879. The molecule has 10 aromatic carbocycles. The molecule has 328 valence electrons. The van der Waals surface area contributed by atoms with E-state index in [9.17, 15) is 0 Å². The number of fused-ring (bicyclic) bond motifs is 12. The standard InChI is InChI=1S/C67H45N3/c1-3-13-43(14-4-1)44-25-31-51(32-26-44)68(52-33-27-45(28-34-52)46-30-38-65-62(42-46)58-18-8-9-23-63(58)69(65)50-15-5-2-6-16-50)53-35-37-55-49(41-53)40-48-39-47(29-36-54(48)55)56-19-11-21-60-61-22-12-20-59-57-17-7-10-24-64(57)70(66(56)60)67(59)61/h1,3-5,7-39,41-42H,2,6,40H2. The van der Waals surface area contributed by atoms with Gasteiger partial charge < -0.3 is 13.9 Å². The second kappa shape index (κ2) is 15.3. The quantitative estimate of drug-likeness (QED) is 0.155. The van der Waals surface area contributed by atoms with Gasteiger partial charge in [-0.05, 0) is 136 Å². The Morgan fingerprint density at radius 2 is 0.900 bits per heavy atom. The predicted octanol–water partition coefficient (Wildman–Crippen LogP) is 18.2. The van der Waals surface area contributed by atoms with Crippen molar-refractivity contribution < 1.29 is 0 Å². The zero-order valence-electron chi connectivity index (χ0n) is 38.5. The van der Waals surface area contributed by atoms with E-state index in [-0.39, 0.29) is 0 Å². The first-order valence-corrected chi connectivity index (χ1v) is 24.6. The maximum Gasteiger partial charge on any atom is 0.0620 e. The molecule has 3 heteroatoms. The number of benzene rings is 10. The van der Waals surface area contributed by atoms with Gasteiger partial charge in [-0.25, -0.2) is 0 Å². The molecule has 3 heterocycles. The summed E-state index contributed by atoms with van der Waals surface area (Å²) in [6, 6.07) is 81.3. The maximum atomic E-state index is 2.51. The van der Waals surface area contributed by atoms with Crippen molar-refractivity contribution in [3.8, 4) is 44.5 Å². The zero-order valence-corrected chi connectivity index (χ0v) is 38.5. The highest BCUT2D eigenvalue weighted by Crippen LogP contribution is 2.47. The minimum absolute atomic E-state index is 0.879. The maximum absolute atomic E-state index is 2.51. The average Bonchev–Trinajstić information content (AvgIpc) is 4.18. The van der Waals surface area contributed by atoms with Crippen LogP contribution in [0.4, 0.5) is 17.1 Å². The fourth-order valence-electron chi connectivity index (χ4n) is 12.1. The first-order valence-electron chi connectivity index (χ1n) is 24.6. The molecule has 0 atom stereocenters. The predicted molar refractivity (Wildman–Crippen MR) is 296 cm³/mol. The van der Waals surface area contributed by atoms with Crippen molar-refractivity contribution in [1.29, 1.82) is 0 Å². The van der Waals surface area contributed by atoms with Crippen molar-refractivity contribution >= 4 is 82.7 Å². The summed E-state index contributed by atoms with van der Waals surface area (Å²) in [7, 11) is 0. The fraction of sp³-hybridized carbons (Fsp3) is 0.0448. The fourth-order valence-corrected chi connectivity index (χ4v) is 12.1. The summed E-state index contributed by atoms with van der Waals surface area (Å²) in [6.07, 6.45) is 9.98. The number of allylic oxidation sites excluding steroid dienone is 4. The Balaban J connectivity index is 0.805. The molecule has 2 aliphatic carbocycles. The van der Waals surface area contributed by atoms with Gasteiger partial charge in [0.2, 0.25) is 0 Å². The molecule has 0 spiro atoms. The molecule has 0 fully saturated rings. The van der Waals surface area contributed by atoms with E-state index in [1.54, 1.807) is 0 Å². The smallest absolute Gasteiger partial charge is 0.0620 e. The van der Waals surface area contributed by atoms with Gasteiger partial charge >= 0.3 is 0 Å². The molecule has 15 rings (SSSR count). The summed E-state index contributed by atoms with van der Waals surface area (Å²) in [6.45, 7) is 0. The van der Waals surface area contributed by atoms with Crippen molar-refractivity contribution in [3.63, 3.8) is 0 Å². The summed E-state index contributed by atoms with van der Waals surface area (Å²) >= 11 is 0. The summed E-state index contributed by atoms with van der Waals surface area (Å²) < 4.78 is 4.94. The number of hydrogen-bond acceptors (Lipinski definition) is 1. The Labute approximate surface area is 406 Å². The van der Waals surface area contributed by atoms with Gasteiger partial charge in [-0.3, -0.25) is 0 Å². The van der Waals surface area contributed by atoms with E-state index in [0.717, 1.165) is 36.3 Å². The van der Waals surface area contributed by atoms with E-state index in [4.69, 9.17) is 0 Å². The normalized spacial score (nSPS) is 13.3. The van der Waals surface area contributed by atoms with Gasteiger partial charge in [-0.15, -0.1) is 0 Å². The molecule has 0 bridgehead atoms. The highest BCUT2D eigenvalue weighted by atomic mass is 15.1. The molecule has 0 amide bonds. The monoisotopic (exact) mass is 891 g/mol. The molecule has 2 aliphatic rings. The summed E-state index contributed by atoms with van der Waals surface area (Å²) in [5.41, 5.74) is 23.7. The van der Waals surface area contributed by atoms with Crippen LogP contribution in [-0.4, -0.2) is 8.97 Å². The van der Waals surface area contributed by atoms with Crippen LogP contribution in [0.25, 0.3) is 110 Å². The van der Waals surface area contributed by atoms with Crippen molar-refractivity contribution in [1.82, 2.24) is 8.97 Å². The lowest BCUT2D eigenvalue weighted by atomic mass is 9.97. The van der Waals surface area contributed by atoms with E-state index in [0.29, 0.717) is 0 Å². The molecular formula is C67H45N3. The summed E-state index contributed by atoms with van der Waals surface area (Å²) in [5.74, 6) is 0. The van der Waals surface area contributed by atoms with Crippen molar-refractivity contribution in [2.24, 2.45) is 0 Å². The number of aromatic nitrogens is 2. The molecule has 70 heavy (non-hydrogen) atoms. The number of anilines is 3. The van der Waals surface area contributed by atoms with Crippen LogP contribution in [-0.2, 0) is 6.42 Å². The molecule has 0 saturated carbocycles. The highest BCUT2D eigenvalue weighted by Gasteiger charge is 2.25. The molecule has 0 aliphatic heterocycles. The molecule has 0 N–H and O–H groups in total. The number of hydrogen-bond donors (Lipinski definition) is 0. The van der Waals surface area contributed by atoms with E-state index < -0.39 is 0 Å². The topological polar surface area (TPSA) is 12.6 Å². The van der Waals surface area contributed by atoms with Crippen LogP contribution in [0.1, 0.15) is 24.0 Å². The van der Waals surface area contributed by atoms with E-state index in [1.165, 1.54) is 121 Å². The van der Waals surface area contributed by atoms with Crippen LogP contribution in [0.5, 0.6) is 0 Å². The second-order valence-corrected chi connectivity index (χ2v) is 19.1. The molecule has 3 aromatic heterocycles. The third-order valence-corrected chi connectivity index (χ3v) is 15.3. The van der Waals surface area contributed by atoms with Gasteiger partial charge in [0.1, 0.15) is 0 Å². The highest BCUT2D eigenvalue weighted by molar-refractivity contribution is 6.25. The first kappa shape index (κ1) is 39.1. The minimum Gasteiger partial charge on any atom is -0.310 e. The molecule has 13 aromatic rings. The van der Waals surface area contributed by atoms with Gasteiger partial charge in [0.25, 0.3) is 0 Å². The largest absolute Gasteiger partial charge is 0.310 e. The molecule has 0 radical (unpaired) electrons. The van der Waals surface area contributed by atoms with Gasteiger partial charge in [0.15, 0.2) is 0 Å². The van der Waals surface area contributed by atoms with Gasteiger partial charge in [0.05, 0.1) is 27.6 Å². The number of nitrogens with zero attached hydrogens (tertiary/aromatic N) is 3. The lowest BCUT2D eigenvalue weighted by Gasteiger charge is -2.26. The van der Waals surface area contributed by atoms with Crippen LogP contribution in [0, 0.1) is 0 Å². The first-order chi connectivity index (χ1) is 34.7. The molecular weight excluding hydrogens is 847 g/mol. The van der Waals surface area contributed by atoms with Gasteiger partial charge in [0, 0.05) is 60.6 Å². The molecule has 3 nitrogen and oxygen atoms in total.